The SMILES string of the molecule is CCCCCCCCCCCCCCCC(=O)N/N=C/c1ccc(F)cc1. The summed E-state index contributed by atoms with van der Waals surface area (Å²) in [5.74, 6) is -0.338. The van der Waals surface area contributed by atoms with Crippen LogP contribution in [0.3, 0.4) is 0 Å². The van der Waals surface area contributed by atoms with Crippen molar-refractivity contribution in [1.82, 2.24) is 5.43 Å². The molecule has 0 aromatic heterocycles. The number of halogens is 1. The maximum Gasteiger partial charge on any atom is 0.240 e. The molecule has 0 saturated carbocycles. The van der Waals surface area contributed by atoms with Crippen molar-refractivity contribution in [2.45, 2.75) is 96.8 Å². The summed E-state index contributed by atoms with van der Waals surface area (Å²) >= 11 is 0. The molecular weight excluding hydrogens is 339 g/mol. The topological polar surface area (TPSA) is 41.5 Å². The van der Waals surface area contributed by atoms with Crippen LogP contribution in [-0.4, -0.2) is 12.1 Å². The molecule has 0 aliphatic carbocycles. The summed E-state index contributed by atoms with van der Waals surface area (Å²) < 4.78 is 12.8. The number of rotatable bonds is 16. The zero-order valence-corrected chi connectivity index (χ0v) is 17.0. The van der Waals surface area contributed by atoms with Gasteiger partial charge in [-0.05, 0) is 24.1 Å². The quantitative estimate of drug-likeness (QED) is 0.193. The van der Waals surface area contributed by atoms with Crippen molar-refractivity contribution in [3.05, 3.63) is 35.6 Å². The molecule has 1 rings (SSSR count). The lowest BCUT2D eigenvalue weighted by atomic mass is 10.0. The fraction of sp³-hybridized carbons (Fsp3) is 0.652. The summed E-state index contributed by atoms with van der Waals surface area (Å²) in [5, 5.41) is 3.90. The Morgan fingerprint density at radius 2 is 1.33 bits per heavy atom. The molecule has 0 spiro atoms. The average Bonchev–Trinajstić information content (AvgIpc) is 2.67. The fourth-order valence-electron chi connectivity index (χ4n) is 3.09. The summed E-state index contributed by atoms with van der Waals surface area (Å²) in [6, 6.07) is 5.99. The van der Waals surface area contributed by atoms with Gasteiger partial charge in [0, 0.05) is 6.42 Å². The number of amides is 1. The highest BCUT2D eigenvalue weighted by molar-refractivity contribution is 5.82. The molecule has 0 atom stereocenters. The number of carbonyl (C=O) groups is 1. The van der Waals surface area contributed by atoms with E-state index in [9.17, 15) is 9.18 Å². The van der Waals surface area contributed by atoms with Gasteiger partial charge in [-0.3, -0.25) is 4.79 Å². The van der Waals surface area contributed by atoms with Gasteiger partial charge in [0.25, 0.3) is 0 Å². The Bertz CT molecular complexity index is 514. The number of nitrogens with one attached hydrogen (secondary N) is 1. The molecule has 0 fully saturated rings. The molecular formula is C23H37FN2O. The summed E-state index contributed by atoms with van der Waals surface area (Å²) in [6.07, 6.45) is 18.9. The minimum Gasteiger partial charge on any atom is -0.273 e. The Balaban J connectivity index is 1.87. The van der Waals surface area contributed by atoms with Crippen molar-refractivity contribution >= 4 is 12.1 Å². The van der Waals surface area contributed by atoms with Crippen molar-refractivity contribution < 1.29 is 9.18 Å². The Kier molecular flexibility index (Phi) is 14.2. The van der Waals surface area contributed by atoms with Gasteiger partial charge < -0.3 is 0 Å². The van der Waals surface area contributed by atoms with Crippen LogP contribution in [0.4, 0.5) is 4.39 Å². The van der Waals surface area contributed by atoms with E-state index in [1.165, 1.54) is 89.0 Å². The summed E-state index contributed by atoms with van der Waals surface area (Å²) in [5.41, 5.74) is 3.29. The molecule has 0 heterocycles. The van der Waals surface area contributed by atoms with Gasteiger partial charge in [0.05, 0.1) is 6.21 Å². The molecule has 1 aromatic carbocycles. The average molecular weight is 377 g/mol. The van der Waals surface area contributed by atoms with Gasteiger partial charge >= 0.3 is 0 Å². The highest BCUT2D eigenvalue weighted by Crippen LogP contribution is 2.12. The van der Waals surface area contributed by atoms with Crippen LogP contribution >= 0.6 is 0 Å². The summed E-state index contributed by atoms with van der Waals surface area (Å²) in [7, 11) is 0. The van der Waals surface area contributed by atoms with Gasteiger partial charge in [0.15, 0.2) is 0 Å². The smallest absolute Gasteiger partial charge is 0.240 e. The lowest BCUT2D eigenvalue weighted by Gasteiger charge is -2.03. The molecule has 152 valence electrons. The Morgan fingerprint density at radius 3 is 1.85 bits per heavy atom. The minimum absolute atomic E-state index is 0.0589. The third-order valence-corrected chi connectivity index (χ3v) is 4.78. The van der Waals surface area contributed by atoms with Crippen molar-refractivity contribution in [2.75, 3.05) is 0 Å². The molecule has 0 aliphatic rings. The predicted octanol–water partition coefficient (Wildman–Crippen LogP) is 6.76. The van der Waals surface area contributed by atoms with Gasteiger partial charge in [-0.25, -0.2) is 9.82 Å². The van der Waals surface area contributed by atoms with E-state index < -0.39 is 0 Å². The van der Waals surface area contributed by atoms with Gasteiger partial charge in [-0.15, -0.1) is 0 Å². The largest absolute Gasteiger partial charge is 0.273 e. The molecule has 0 unspecified atom stereocenters. The van der Waals surface area contributed by atoms with Gasteiger partial charge in [-0.2, -0.15) is 5.10 Å². The maximum atomic E-state index is 12.8. The highest BCUT2D eigenvalue weighted by atomic mass is 19.1. The monoisotopic (exact) mass is 376 g/mol. The molecule has 0 bridgehead atoms. The maximum absolute atomic E-state index is 12.8. The van der Waals surface area contributed by atoms with Crippen molar-refractivity contribution in [1.29, 1.82) is 0 Å². The number of nitrogens with zero attached hydrogens (tertiary/aromatic N) is 1. The summed E-state index contributed by atoms with van der Waals surface area (Å²) in [6.45, 7) is 2.26. The normalized spacial score (nSPS) is 11.2. The van der Waals surface area contributed by atoms with Crippen LogP contribution in [0.15, 0.2) is 29.4 Å². The second-order valence-corrected chi connectivity index (χ2v) is 7.34. The summed E-state index contributed by atoms with van der Waals surface area (Å²) in [4.78, 5) is 11.7. The fourth-order valence-corrected chi connectivity index (χ4v) is 3.09. The molecule has 27 heavy (non-hydrogen) atoms. The van der Waals surface area contributed by atoms with Crippen LogP contribution in [0.2, 0.25) is 0 Å². The first kappa shape index (κ1) is 23.3. The molecule has 0 radical (unpaired) electrons. The Labute approximate surface area is 164 Å². The van der Waals surface area contributed by atoms with Crippen molar-refractivity contribution in [3.63, 3.8) is 0 Å². The molecule has 1 aromatic rings. The van der Waals surface area contributed by atoms with Gasteiger partial charge in [-0.1, -0.05) is 96.1 Å². The van der Waals surface area contributed by atoms with Crippen LogP contribution < -0.4 is 5.43 Å². The molecule has 3 nitrogen and oxygen atoms in total. The van der Waals surface area contributed by atoms with Crippen molar-refractivity contribution in [3.8, 4) is 0 Å². The predicted molar refractivity (Wildman–Crippen MR) is 112 cm³/mol. The second-order valence-electron chi connectivity index (χ2n) is 7.34. The van der Waals surface area contributed by atoms with E-state index in [-0.39, 0.29) is 11.7 Å². The number of unbranched alkanes of at least 4 members (excludes halogenated alkanes) is 12. The first-order valence-electron chi connectivity index (χ1n) is 10.8. The lowest BCUT2D eigenvalue weighted by Crippen LogP contribution is -2.16. The van der Waals surface area contributed by atoms with Crippen LogP contribution in [0.1, 0.15) is 102 Å². The number of hydrazone groups is 1. The first-order chi connectivity index (χ1) is 13.2. The standard InChI is InChI=1S/C23H37FN2O/c1-2-3-4-5-6-7-8-9-10-11-12-13-14-15-23(27)26-25-20-21-16-18-22(24)19-17-21/h16-20H,2-15H2,1H3,(H,26,27)/b25-20+. The number of hydrogen-bond donors (Lipinski definition) is 1. The Morgan fingerprint density at radius 1 is 0.852 bits per heavy atom. The highest BCUT2D eigenvalue weighted by Gasteiger charge is 1.99. The van der Waals surface area contributed by atoms with Gasteiger partial charge in [0.1, 0.15) is 5.82 Å². The number of carbonyl (C=O) groups excluding carboxylic acids is 1. The van der Waals surface area contributed by atoms with Crippen molar-refractivity contribution in [2.24, 2.45) is 5.10 Å². The van der Waals surface area contributed by atoms with E-state index in [1.807, 2.05) is 0 Å². The minimum atomic E-state index is -0.279. The third-order valence-electron chi connectivity index (χ3n) is 4.78. The van der Waals surface area contributed by atoms with Crippen LogP contribution in [0, 0.1) is 5.82 Å². The van der Waals surface area contributed by atoms with E-state index in [0.717, 1.165) is 18.4 Å². The third kappa shape index (κ3) is 14.1. The molecule has 0 aliphatic heterocycles. The molecule has 1 amide bonds. The Hall–Kier alpha value is -1.71. The van der Waals surface area contributed by atoms with Gasteiger partial charge in [0.2, 0.25) is 5.91 Å². The van der Waals surface area contributed by atoms with Crippen LogP contribution in [-0.2, 0) is 4.79 Å². The van der Waals surface area contributed by atoms with E-state index in [1.54, 1.807) is 12.1 Å². The van der Waals surface area contributed by atoms with Crippen LogP contribution in [0.5, 0.6) is 0 Å². The van der Waals surface area contributed by atoms with E-state index >= 15 is 0 Å². The zero-order valence-electron chi connectivity index (χ0n) is 17.0. The van der Waals surface area contributed by atoms with E-state index in [2.05, 4.69) is 17.5 Å². The van der Waals surface area contributed by atoms with E-state index in [4.69, 9.17) is 0 Å². The number of benzene rings is 1. The number of hydrogen-bond acceptors (Lipinski definition) is 2. The van der Waals surface area contributed by atoms with Crippen LogP contribution in [0.25, 0.3) is 0 Å². The second kappa shape index (κ2) is 16.5. The molecule has 0 saturated heterocycles. The molecule has 4 heteroatoms. The lowest BCUT2D eigenvalue weighted by molar-refractivity contribution is -0.121. The molecule has 1 N–H and O–H groups in total. The first-order valence-corrected chi connectivity index (χ1v) is 10.8. The van der Waals surface area contributed by atoms with E-state index in [0.29, 0.717) is 6.42 Å². The zero-order chi connectivity index (χ0) is 19.6.